The van der Waals surface area contributed by atoms with E-state index in [0.29, 0.717) is 5.92 Å². The lowest BCUT2D eigenvalue weighted by atomic mass is 9.81. The average molecular weight is 346 g/mol. The van der Waals surface area contributed by atoms with Crippen molar-refractivity contribution < 1.29 is 0 Å². The molecule has 1 fully saturated rings. The number of aryl methyl sites for hydroxylation is 1. The van der Waals surface area contributed by atoms with Gasteiger partial charge in [-0.05, 0) is 47.8 Å². The molecule has 0 saturated heterocycles. The van der Waals surface area contributed by atoms with Crippen LogP contribution in [-0.2, 0) is 7.05 Å². The van der Waals surface area contributed by atoms with E-state index in [1.54, 1.807) is 0 Å². The van der Waals surface area contributed by atoms with Crippen LogP contribution in [-0.4, -0.2) is 14.8 Å². The first-order valence-corrected chi connectivity index (χ1v) is 9.43. The number of pyridine rings is 1. The molecule has 1 aromatic carbocycles. The van der Waals surface area contributed by atoms with Crippen molar-refractivity contribution in [2.75, 3.05) is 5.32 Å². The summed E-state index contributed by atoms with van der Waals surface area (Å²) in [7, 11) is 1.94. The summed E-state index contributed by atoms with van der Waals surface area (Å²) >= 11 is 0. The summed E-state index contributed by atoms with van der Waals surface area (Å²) in [5, 5.41) is 10.0. The molecule has 2 aromatic heterocycles. The number of benzene rings is 1. The molecule has 134 valence electrons. The summed E-state index contributed by atoms with van der Waals surface area (Å²) < 4.78 is 1.83. The fraction of sp³-hybridized carbons (Fsp3) is 0.364. The summed E-state index contributed by atoms with van der Waals surface area (Å²) in [4.78, 5) is 4.57. The second-order valence-electron chi connectivity index (χ2n) is 7.64. The Bertz CT molecular complexity index is 932. The van der Waals surface area contributed by atoms with Crippen molar-refractivity contribution in [1.29, 1.82) is 0 Å². The van der Waals surface area contributed by atoms with Gasteiger partial charge >= 0.3 is 0 Å². The van der Waals surface area contributed by atoms with Crippen molar-refractivity contribution >= 4 is 16.6 Å². The van der Waals surface area contributed by atoms with Crippen LogP contribution >= 0.6 is 0 Å². The van der Waals surface area contributed by atoms with Crippen molar-refractivity contribution in [3.8, 4) is 11.1 Å². The fourth-order valence-electron chi connectivity index (χ4n) is 3.83. The predicted molar refractivity (Wildman–Crippen MR) is 108 cm³/mol. The molecule has 3 aromatic rings. The first-order chi connectivity index (χ1) is 12.6. The predicted octanol–water partition coefficient (Wildman–Crippen LogP) is 5.39. The van der Waals surface area contributed by atoms with Gasteiger partial charge in [0.15, 0.2) is 0 Å². The molecule has 1 saturated carbocycles. The molecule has 0 aliphatic heterocycles. The largest absolute Gasteiger partial charge is 0.344 e. The van der Waals surface area contributed by atoms with Crippen LogP contribution in [0.25, 0.3) is 21.9 Å². The minimum absolute atomic E-state index is 0.561. The van der Waals surface area contributed by atoms with E-state index in [-0.39, 0.29) is 0 Å². The molecule has 1 N–H and O–H groups in total. The standard InChI is InChI=1S/C22H26N4/c1-15-4-6-17(7-5-15)16(2)25-22-11-20-10-18(8-9-19(20)12-23-22)21-13-24-26(3)14-21/h8-15,17H,2,4-7H2,1,3H3,(H,23,25). The summed E-state index contributed by atoms with van der Waals surface area (Å²) in [6, 6.07) is 8.55. The van der Waals surface area contributed by atoms with Gasteiger partial charge in [0.25, 0.3) is 0 Å². The second-order valence-corrected chi connectivity index (χ2v) is 7.64. The summed E-state index contributed by atoms with van der Waals surface area (Å²) in [6.45, 7) is 6.63. The Kier molecular flexibility index (Phi) is 4.49. The Morgan fingerprint density at radius 2 is 1.88 bits per heavy atom. The van der Waals surface area contributed by atoms with Crippen LogP contribution in [0.2, 0.25) is 0 Å². The zero-order chi connectivity index (χ0) is 18.1. The van der Waals surface area contributed by atoms with Crippen LogP contribution in [0.5, 0.6) is 0 Å². The molecule has 26 heavy (non-hydrogen) atoms. The van der Waals surface area contributed by atoms with Crippen LogP contribution in [0, 0.1) is 11.8 Å². The van der Waals surface area contributed by atoms with E-state index in [4.69, 9.17) is 0 Å². The van der Waals surface area contributed by atoms with Gasteiger partial charge in [0.1, 0.15) is 5.82 Å². The quantitative estimate of drug-likeness (QED) is 0.689. The molecule has 1 aliphatic rings. The lowest BCUT2D eigenvalue weighted by Crippen LogP contribution is -2.18. The van der Waals surface area contributed by atoms with Crippen molar-refractivity contribution in [2.45, 2.75) is 32.6 Å². The topological polar surface area (TPSA) is 42.7 Å². The molecule has 4 nitrogen and oxygen atoms in total. The highest BCUT2D eigenvalue weighted by molar-refractivity contribution is 5.88. The van der Waals surface area contributed by atoms with Crippen LogP contribution < -0.4 is 5.32 Å². The van der Waals surface area contributed by atoms with Gasteiger partial charge < -0.3 is 5.32 Å². The van der Waals surface area contributed by atoms with E-state index in [2.05, 4.69) is 53.2 Å². The van der Waals surface area contributed by atoms with E-state index in [9.17, 15) is 0 Å². The van der Waals surface area contributed by atoms with Crippen LogP contribution in [0.3, 0.4) is 0 Å². The number of nitrogens with one attached hydrogen (secondary N) is 1. The minimum atomic E-state index is 0.561. The second kappa shape index (κ2) is 6.94. The van der Waals surface area contributed by atoms with Crippen LogP contribution in [0.1, 0.15) is 32.6 Å². The molecule has 4 heteroatoms. The van der Waals surface area contributed by atoms with Crippen molar-refractivity contribution in [2.24, 2.45) is 18.9 Å². The van der Waals surface area contributed by atoms with Gasteiger partial charge in [0.05, 0.1) is 6.20 Å². The molecule has 1 aliphatic carbocycles. The van der Waals surface area contributed by atoms with Gasteiger partial charge in [-0.25, -0.2) is 4.98 Å². The third kappa shape index (κ3) is 3.50. The normalized spacial score (nSPS) is 20.2. The van der Waals surface area contributed by atoms with Gasteiger partial charge in [-0.1, -0.05) is 38.5 Å². The van der Waals surface area contributed by atoms with Crippen LogP contribution in [0.4, 0.5) is 5.82 Å². The number of aromatic nitrogens is 3. The van der Waals surface area contributed by atoms with E-state index in [1.807, 2.05) is 30.3 Å². The smallest absolute Gasteiger partial charge is 0.130 e. The molecule has 0 atom stereocenters. The number of hydrogen-bond donors (Lipinski definition) is 1. The average Bonchev–Trinajstić information content (AvgIpc) is 3.08. The highest BCUT2D eigenvalue weighted by Crippen LogP contribution is 2.33. The molecule has 0 unspecified atom stereocenters. The lowest BCUT2D eigenvalue weighted by molar-refractivity contribution is 0.321. The van der Waals surface area contributed by atoms with E-state index in [1.165, 1.54) is 36.6 Å². The molecule has 4 rings (SSSR count). The summed E-state index contributed by atoms with van der Waals surface area (Å²) in [6.07, 6.45) is 10.9. The third-order valence-electron chi connectivity index (χ3n) is 5.56. The van der Waals surface area contributed by atoms with Gasteiger partial charge in [-0.2, -0.15) is 5.10 Å². The summed E-state index contributed by atoms with van der Waals surface area (Å²) in [5.74, 6) is 2.29. The molecule has 0 amide bonds. The molecular formula is C22H26N4. The van der Waals surface area contributed by atoms with Gasteiger partial charge in [-0.15, -0.1) is 0 Å². The molecule has 0 radical (unpaired) electrons. The Morgan fingerprint density at radius 3 is 2.62 bits per heavy atom. The van der Waals surface area contributed by atoms with Gasteiger partial charge in [0, 0.05) is 36.1 Å². The number of allylic oxidation sites excluding steroid dienone is 1. The van der Waals surface area contributed by atoms with E-state index >= 15 is 0 Å². The van der Waals surface area contributed by atoms with E-state index < -0.39 is 0 Å². The maximum atomic E-state index is 4.57. The first kappa shape index (κ1) is 16.8. The Balaban J connectivity index is 1.55. The number of hydrogen-bond acceptors (Lipinski definition) is 3. The zero-order valence-electron chi connectivity index (χ0n) is 15.6. The van der Waals surface area contributed by atoms with Crippen molar-refractivity contribution in [1.82, 2.24) is 14.8 Å². The zero-order valence-corrected chi connectivity index (χ0v) is 15.6. The molecule has 0 spiro atoms. The van der Waals surface area contributed by atoms with E-state index in [0.717, 1.165) is 28.4 Å². The number of rotatable bonds is 4. The monoisotopic (exact) mass is 346 g/mol. The maximum absolute atomic E-state index is 4.57. The number of anilines is 1. The highest BCUT2D eigenvalue weighted by atomic mass is 15.2. The fourth-order valence-corrected chi connectivity index (χ4v) is 3.83. The third-order valence-corrected chi connectivity index (χ3v) is 5.56. The Labute approximate surface area is 155 Å². The molecular weight excluding hydrogens is 320 g/mol. The van der Waals surface area contributed by atoms with Gasteiger partial charge in [0.2, 0.25) is 0 Å². The number of nitrogens with zero attached hydrogens (tertiary/aromatic N) is 3. The lowest BCUT2D eigenvalue weighted by Gasteiger charge is -2.28. The number of fused-ring (bicyclic) bond motifs is 1. The minimum Gasteiger partial charge on any atom is -0.344 e. The Hall–Kier alpha value is -2.62. The van der Waals surface area contributed by atoms with Crippen molar-refractivity contribution in [3.05, 3.63) is 55.1 Å². The SMILES string of the molecule is C=C(Nc1cc2cc(-c3cnn(C)c3)ccc2cn1)C1CCC(C)CC1. The summed E-state index contributed by atoms with van der Waals surface area (Å²) in [5.41, 5.74) is 3.40. The molecule has 0 bridgehead atoms. The van der Waals surface area contributed by atoms with Gasteiger partial charge in [-0.3, -0.25) is 4.68 Å². The highest BCUT2D eigenvalue weighted by Gasteiger charge is 2.20. The first-order valence-electron chi connectivity index (χ1n) is 9.43. The Morgan fingerprint density at radius 1 is 1.08 bits per heavy atom. The maximum Gasteiger partial charge on any atom is 0.130 e. The van der Waals surface area contributed by atoms with Crippen molar-refractivity contribution in [3.63, 3.8) is 0 Å². The van der Waals surface area contributed by atoms with Crippen LogP contribution in [0.15, 0.2) is 55.1 Å². The molecule has 2 heterocycles.